The van der Waals surface area contributed by atoms with Crippen molar-refractivity contribution in [1.29, 1.82) is 5.26 Å². The summed E-state index contributed by atoms with van der Waals surface area (Å²) >= 11 is 3.53. The predicted octanol–water partition coefficient (Wildman–Crippen LogP) is 5.81. The lowest BCUT2D eigenvalue weighted by atomic mass is 10.1. The summed E-state index contributed by atoms with van der Waals surface area (Å²) in [5.41, 5.74) is 1.65. The zero-order chi connectivity index (χ0) is 22.1. The molecule has 0 spiro atoms. The summed E-state index contributed by atoms with van der Waals surface area (Å²) in [7, 11) is 0. The monoisotopic (exact) mass is 470 g/mol. The molecule has 0 aliphatic rings. The van der Waals surface area contributed by atoms with Gasteiger partial charge in [-0.05, 0) is 72.5 Å². The number of halogens is 1. The van der Waals surface area contributed by atoms with E-state index in [1.807, 2.05) is 70.2 Å². The maximum atomic E-state index is 12.6. The summed E-state index contributed by atoms with van der Waals surface area (Å²) in [6.45, 7) is 8.28. The van der Waals surface area contributed by atoms with E-state index >= 15 is 0 Å². The Bertz CT molecular complexity index is 935. The third-order valence-corrected chi connectivity index (χ3v) is 5.14. The van der Waals surface area contributed by atoms with E-state index in [0.717, 1.165) is 12.0 Å². The molecule has 2 atom stereocenters. The number of hydrogen-bond acceptors (Lipinski definition) is 4. The van der Waals surface area contributed by atoms with Gasteiger partial charge in [0, 0.05) is 0 Å². The largest absolute Gasteiger partial charge is 0.490 e. The van der Waals surface area contributed by atoms with Crippen molar-refractivity contribution in [2.24, 2.45) is 0 Å². The molecule has 0 aliphatic heterocycles. The predicted molar refractivity (Wildman–Crippen MR) is 122 cm³/mol. The molecule has 0 saturated heterocycles. The van der Waals surface area contributed by atoms with Crippen LogP contribution < -0.4 is 14.8 Å². The van der Waals surface area contributed by atoms with Crippen molar-refractivity contribution < 1.29 is 14.3 Å². The summed E-state index contributed by atoms with van der Waals surface area (Å²) in [5.74, 6) is 0.751. The Kier molecular flexibility index (Phi) is 8.94. The summed E-state index contributed by atoms with van der Waals surface area (Å²) in [4.78, 5) is 12.6. The van der Waals surface area contributed by atoms with Gasteiger partial charge in [-0.25, -0.2) is 0 Å². The van der Waals surface area contributed by atoms with Crippen LogP contribution in [0.2, 0.25) is 0 Å². The molecular formula is C24H27BrN2O3. The molecule has 158 valence electrons. The number of nitrogens with zero attached hydrogens (tertiary/aromatic N) is 1. The van der Waals surface area contributed by atoms with E-state index in [0.29, 0.717) is 28.1 Å². The van der Waals surface area contributed by atoms with Crippen molar-refractivity contribution in [3.05, 3.63) is 63.6 Å². The average Bonchev–Trinajstić information content (AvgIpc) is 2.74. The van der Waals surface area contributed by atoms with Gasteiger partial charge >= 0.3 is 0 Å². The molecule has 5 nitrogen and oxygen atoms in total. The highest BCUT2D eigenvalue weighted by Crippen LogP contribution is 2.38. The molecule has 6 heteroatoms. The van der Waals surface area contributed by atoms with Crippen LogP contribution in [0.15, 0.2) is 52.5 Å². The first-order valence-corrected chi connectivity index (χ1v) is 10.8. The highest BCUT2D eigenvalue weighted by molar-refractivity contribution is 9.10. The van der Waals surface area contributed by atoms with E-state index in [4.69, 9.17) is 9.47 Å². The summed E-state index contributed by atoms with van der Waals surface area (Å²) < 4.78 is 12.4. The molecule has 1 amide bonds. The molecule has 0 aromatic heterocycles. The van der Waals surface area contributed by atoms with Crippen LogP contribution in [0.1, 0.15) is 51.3 Å². The SMILES string of the molecule is CCOc1cc(/C=C(/C#N)C(=O)N[C@H](C)c2ccccc2)cc(Br)c1O[C@@H](C)CC. The maximum absolute atomic E-state index is 12.6. The number of rotatable bonds is 9. The molecule has 2 rings (SSSR count). The van der Waals surface area contributed by atoms with E-state index in [-0.39, 0.29) is 17.7 Å². The number of nitriles is 1. The van der Waals surface area contributed by atoms with Crippen molar-refractivity contribution in [1.82, 2.24) is 5.32 Å². The fourth-order valence-corrected chi connectivity index (χ4v) is 3.30. The molecule has 0 radical (unpaired) electrons. The molecule has 0 fully saturated rings. The van der Waals surface area contributed by atoms with Crippen LogP contribution in [0.25, 0.3) is 6.08 Å². The van der Waals surface area contributed by atoms with Crippen LogP contribution in [0.5, 0.6) is 11.5 Å². The molecule has 0 saturated carbocycles. The highest BCUT2D eigenvalue weighted by Gasteiger charge is 2.17. The molecular weight excluding hydrogens is 444 g/mol. The Morgan fingerprint density at radius 1 is 1.23 bits per heavy atom. The lowest BCUT2D eigenvalue weighted by Gasteiger charge is -2.18. The van der Waals surface area contributed by atoms with E-state index < -0.39 is 5.91 Å². The van der Waals surface area contributed by atoms with Gasteiger partial charge in [-0.3, -0.25) is 4.79 Å². The first kappa shape index (κ1) is 23.5. The van der Waals surface area contributed by atoms with Crippen molar-refractivity contribution in [3.63, 3.8) is 0 Å². The topological polar surface area (TPSA) is 71.3 Å². The standard InChI is InChI=1S/C24H27BrN2O3/c1-5-16(3)30-23-21(25)13-18(14-22(23)29-6-2)12-20(15-26)24(28)27-17(4)19-10-8-7-9-11-19/h7-14,16-17H,5-6H2,1-4H3,(H,27,28)/b20-12-/t16-,17+/m0/s1. The average molecular weight is 471 g/mol. The quantitative estimate of drug-likeness (QED) is 0.370. The minimum Gasteiger partial charge on any atom is -0.490 e. The first-order valence-electron chi connectivity index (χ1n) is 10.00. The van der Waals surface area contributed by atoms with Gasteiger partial charge in [0.15, 0.2) is 11.5 Å². The Hall–Kier alpha value is -2.78. The molecule has 0 heterocycles. The third kappa shape index (κ3) is 6.36. The Balaban J connectivity index is 2.29. The third-order valence-electron chi connectivity index (χ3n) is 4.55. The molecule has 2 aromatic carbocycles. The second-order valence-electron chi connectivity index (χ2n) is 6.88. The number of nitrogens with one attached hydrogen (secondary N) is 1. The van der Waals surface area contributed by atoms with Gasteiger partial charge in [-0.2, -0.15) is 5.26 Å². The summed E-state index contributed by atoms with van der Waals surface area (Å²) in [6, 6.07) is 15.0. The van der Waals surface area contributed by atoms with Crippen LogP contribution in [0.3, 0.4) is 0 Å². The zero-order valence-electron chi connectivity index (χ0n) is 17.7. The van der Waals surface area contributed by atoms with Gasteiger partial charge in [0.1, 0.15) is 11.6 Å². The highest BCUT2D eigenvalue weighted by atomic mass is 79.9. The number of amides is 1. The molecule has 0 bridgehead atoms. The second kappa shape index (κ2) is 11.4. The maximum Gasteiger partial charge on any atom is 0.262 e. The molecule has 2 aromatic rings. The van der Waals surface area contributed by atoms with E-state index in [9.17, 15) is 10.1 Å². The van der Waals surface area contributed by atoms with Crippen LogP contribution in [-0.4, -0.2) is 18.6 Å². The number of carbonyl (C=O) groups excluding carboxylic acids is 1. The first-order chi connectivity index (χ1) is 14.4. The van der Waals surface area contributed by atoms with Gasteiger partial charge < -0.3 is 14.8 Å². The summed E-state index contributed by atoms with van der Waals surface area (Å²) in [5, 5.41) is 12.4. The molecule has 30 heavy (non-hydrogen) atoms. The van der Waals surface area contributed by atoms with E-state index in [2.05, 4.69) is 21.2 Å². The molecule has 0 aliphatic carbocycles. The number of carbonyl (C=O) groups is 1. The lowest BCUT2D eigenvalue weighted by molar-refractivity contribution is -0.117. The van der Waals surface area contributed by atoms with Gasteiger partial charge in [0.2, 0.25) is 0 Å². The minimum absolute atomic E-state index is 0.0164. The van der Waals surface area contributed by atoms with Gasteiger partial charge in [-0.15, -0.1) is 0 Å². The lowest BCUT2D eigenvalue weighted by Crippen LogP contribution is -2.27. The van der Waals surface area contributed by atoms with Crippen molar-refractivity contribution >= 4 is 27.9 Å². The minimum atomic E-state index is -0.428. The van der Waals surface area contributed by atoms with Gasteiger partial charge in [-0.1, -0.05) is 37.3 Å². The van der Waals surface area contributed by atoms with Crippen molar-refractivity contribution in [3.8, 4) is 17.6 Å². The normalized spacial score (nSPS) is 13.1. The van der Waals surface area contributed by atoms with E-state index in [1.165, 1.54) is 0 Å². The van der Waals surface area contributed by atoms with Crippen molar-refractivity contribution in [2.75, 3.05) is 6.61 Å². The van der Waals surface area contributed by atoms with Crippen LogP contribution >= 0.6 is 15.9 Å². The van der Waals surface area contributed by atoms with Gasteiger partial charge in [0.05, 0.1) is 23.2 Å². The zero-order valence-corrected chi connectivity index (χ0v) is 19.3. The number of hydrogen-bond donors (Lipinski definition) is 1. The second-order valence-corrected chi connectivity index (χ2v) is 7.73. The molecule has 1 N–H and O–H groups in total. The van der Waals surface area contributed by atoms with Crippen LogP contribution in [-0.2, 0) is 4.79 Å². The Labute approximate surface area is 186 Å². The number of ether oxygens (including phenoxy) is 2. The van der Waals surface area contributed by atoms with E-state index in [1.54, 1.807) is 12.1 Å². The number of benzene rings is 2. The summed E-state index contributed by atoms with van der Waals surface area (Å²) in [6.07, 6.45) is 2.44. The van der Waals surface area contributed by atoms with Gasteiger partial charge in [0.25, 0.3) is 5.91 Å². The Morgan fingerprint density at radius 2 is 1.93 bits per heavy atom. The molecule has 0 unspecified atom stereocenters. The fourth-order valence-electron chi connectivity index (χ4n) is 2.75. The van der Waals surface area contributed by atoms with Crippen LogP contribution in [0.4, 0.5) is 0 Å². The van der Waals surface area contributed by atoms with Crippen molar-refractivity contribution in [2.45, 2.75) is 46.3 Å². The van der Waals surface area contributed by atoms with Crippen LogP contribution in [0, 0.1) is 11.3 Å². The smallest absolute Gasteiger partial charge is 0.262 e. The fraction of sp³-hybridized carbons (Fsp3) is 0.333. The Morgan fingerprint density at radius 3 is 2.53 bits per heavy atom.